The number of benzene rings is 1. The number of likely N-dealkylation sites (tertiary alicyclic amines) is 1. The fourth-order valence-electron chi connectivity index (χ4n) is 3.46. The smallest absolute Gasteiger partial charge is 0.259 e. The summed E-state index contributed by atoms with van der Waals surface area (Å²) in [4.78, 5) is 15.1. The Bertz CT molecular complexity index is 1020. The van der Waals surface area contributed by atoms with E-state index >= 15 is 0 Å². The van der Waals surface area contributed by atoms with Gasteiger partial charge in [-0.1, -0.05) is 35.0 Å². The Balaban J connectivity index is 1.55. The Morgan fingerprint density at radius 1 is 1.21 bits per heavy atom. The van der Waals surface area contributed by atoms with Crippen LogP contribution in [-0.4, -0.2) is 45.4 Å². The van der Waals surface area contributed by atoms with E-state index in [1.807, 2.05) is 31.2 Å². The van der Waals surface area contributed by atoms with Crippen molar-refractivity contribution in [1.29, 1.82) is 0 Å². The molecule has 8 heteroatoms. The van der Waals surface area contributed by atoms with E-state index in [-0.39, 0.29) is 12.0 Å². The fraction of sp³-hybridized carbons (Fsp3) is 0.333. The number of aromatic nitrogens is 3. The number of ether oxygens (including phenoxy) is 1. The molecule has 1 unspecified atom stereocenters. The summed E-state index contributed by atoms with van der Waals surface area (Å²) >= 11 is 6.32. The molecule has 0 spiro atoms. The third kappa shape index (κ3) is 4.10. The first-order valence-electron chi connectivity index (χ1n) is 9.50. The minimum atomic E-state index is -0.145. The molecule has 3 heterocycles. The molecule has 1 atom stereocenters. The topological polar surface area (TPSA) is 81.4 Å². The molecule has 0 radical (unpaired) electrons. The molecule has 1 saturated heterocycles. The zero-order valence-corrected chi connectivity index (χ0v) is 17.0. The lowest BCUT2D eigenvalue weighted by Gasteiger charge is -2.32. The Labute approximate surface area is 173 Å². The Kier molecular flexibility index (Phi) is 5.49. The molecular weight excluding hydrogens is 392 g/mol. The van der Waals surface area contributed by atoms with E-state index in [1.54, 1.807) is 24.0 Å². The first-order valence-corrected chi connectivity index (χ1v) is 9.88. The van der Waals surface area contributed by atoms with Crippen molar-refractivity contribution in [2.75, 3.05) is 13.1 Å². The van der Waals surface area contributed by atoms with Crippen molar-refractivity contribution in [3.8, 4) is 17.1 Å². The molecule has 1 aliphatic heterocycles. The van der Waals surface area contributed by atoms with Gasteiger partial charge in [-0.2, -0.15) is 5.10 Å². The van der Waals surface area contributed by atoms with Crippen LogP contribution in [0.4, 0.5) is 0 Å². The molecule has 0 aliphatic carbocycles. The Hall–Kier alpha value is -2.93. The van der Waals surface area contributed by atoms with E-state index in [2.05, 4.69) is 15.4 Å². The van der Waals surface area contributed by atoms with Gasteiger partial charge in [-0.15, -0.1) is 5.10 Å². The number of hydrogen-bond donors (Lipinski definition) is 0. The predicted octanol–water partition coefficient (Wildman–Crippen LogP) is 4.09. The second kappa shape index (κ2) is 8.21. The summed E-state index contributed by atoms with van der Waals surface area (Å²) < 4.78 is 11.3. The average Bonchev–Trinajstić information content (AvgIpc) is 3.11. The van der Waals surface area contributed by atoms with Crippen LogP contribution in [0.2, 0.25) is 5.02 Å². The average molecular weight is 413 g/mol. The van der Waals surface area contributed by atoms with E-state index < -0.39 is 0 Å². The monoisotopic (exact) mass is 412 g/mol. The van der Waals surface area contributed by atoms with Crippen LogP contribution < -0.4 is 4.74 Å². The molecule has 0 saturated carbocycles. The minimum Gasteiger partial charge on any atom is -0.471 e. The van der Waals surface area contributed by atoms with Gasteiger partial charge in [-0.25, -0.2) is 0 Å². The normalized spacial score (nSPS) is 16.7. The van der Waals surface area contributed by atoms with Gasteiger partial charge < -0.3 is 14.2 Å². The molecule has 3 aromatic rings. The van der Waals surface area contributed by atoms with Crippen LogP contribution in [-0.2, 0) is 0 Å². The third-order valence-corrected chi connectivity index (χ3v) is 5.26. The van der Waals surface area contributed by atoms with E-state index in [4.69, 9.17) is 20.9 Å². The van der Waals surface area contributed by atoms with E-state index in [9.17, 15) is 4.79 Å². The van der Waals surface area contributed by atoms with Crippen LogP contribution in [0.25, 0.3) is 11.3 Å². The van der Waals surface area contributed by atoms with Crippen molar-refractivity contribution in [1.82, 2.24) is 20.3 Å². The first-order chi connectivity index (χ1) is 14.0. The molecule has 1 fully saturated rings. The summed E-state index contributed by atoms with van der Waals surface area (Å²) in [5, 5.41) is 12.7. The molecule has 7 nitrogen and oxygen atoms in total. The number of carbonyl (C=O) groups excluding carboxylic acids is 1. The molecule has 1 aromatic carbocycles. The summed E-state index contributed by atoms with van der Waals surface area (Å²) in [5.74, 6) is 0.798. The zero-order chi connectivity index (χ0) is 20.4. The SMILES string of the molecule is Cc1ccc(OC2CCCN(C(=O)c3c(-c4ccccc4Cl)noc3C)C2)nn1. The van der Waals surface area contributed by atoms with Crippen LogP contribution in [0, 0.1) is 13.8 Å². The third-order valence-electron chi connectivity index (χ3n) is 4.93. The number of carbonyl (C=O) groups is 1. The number of amides is 1. The maximum Gasteiger partial charge on any atom is 0.259 e. The first kappa shape index (κ1) is 19.4. The highest BCUT2D eigenvalue weighted by Crippen LogP contribution is 2.32. The summed E-state index contributed by atoms with van der Waals surface area (Å²) in [6, 6.07) is 10.9. The standard InChI is InChI=1S/C21H21ClN4O3/c1-13-9-10-18(24-23-13)28-15-6-5-11-26(12-15)21(27)19-14(2)29-25-20(19)16-7-3-4-8-17(16)22/h3-4,7-10,15H,5-6,11-12H2,1-2H3. The molecule has 29 heavy (non-hydrogen) atoms. The van der Waals surface area contributed by atoms with Gasteiger partial charge in [0.15, 0.2) is 0 Å². The van der Waals surface area contributed by atoms with Gasteiger partial charge in [0.25, 0.3) is 5.91 Å². The second-order valence-electron chi connectivity index (χ2n) is 7.09. The molecule has 2 aromatic heterocycles. The molecule has 0 N–H and O–H groups in total. The summed E-state index contributed by atoms with van der Waals surface area (Å²) in [7, 11) is 0. The van der Waals surface area contributed by atoms with Gasteiger partial charge in [0.05, 0.1) is 17.3 Å². The lowest BCUT2D eigenvalue weighted by atomic mass is 10.0. The summed E-state index contributed by atoms with van der Waals surface area (Å²) in [5.41, 5.74) is 2.40. The number of halogens is 1. The molecule has 1 aliphatic rings. The lowest BCUT2D eigenvalue weighted by molar-refractivity contribution is 0.0524. The van der Waals surface area contributed by atoms with Crippen molar-refractivity contribution in [3.05, 3.63) is 58.4 Å². The van der Waals surface area contributed by atoms with E-state index in [0.29, 0.717) is 46.6 Å². The maximum atomic E-state index is 13.3. The van der Waals surface area contributed by atoms with Gasteiger partial charge in [-0.3, -0.25) is 4.79 Å². The van der Waals surface area contributed by atoms with Crippen LogP contribution >= 0.6 is 11.6 Å². The van der Waals surface area contributed by atoms with E-state index in [1.165, 1.54) is 0 Å². The van der Waals surface area contributed by atoms with Crippen molar-refractivity contribution in [2.24, 2.45) is 0 Å². The van der Waals surface area contributed by atoms with Crippen LogP contribution in [0.3, 0.4) is 0 Å². The van der Waals surface area contributed by atoms with Crippen molar-refractivity contribution in [3.63, 3.8) is 0 Å². The van der Waals surface area contributed by atoms with Crippen LogP contribution in [0.1, 0.15) is 34.7 Å². The zero-order valence-electron chi connectivity index (χ0n) is 16.3. The predicted molar refractivity (Wildman–Crippen MR) is 108 cm³/mol. The van der Waals surface area contributed by atoms with Gasteiger partial charge in [-0.05, 0) is 38.8 Å². The lowest BCUT2D eigenvalue weighted by Crippen LogP contribution is -2.44. The summed E-state index contributed by atoms with van der Waals surface area (Å²) in [6.07, 6.45) is 1.54. The highest BCUT2D eigenvalue weighted by atomic mass is 35.5. The number of hydrogen-bond acceptors (Lipinski definition) is 6. The number of rotatable bonds is 4. The highest BCUT2D eigenvalue weighted by Gasteiger charge is 2.31. The van der Waals surface area contributed by atoms with Crippen molar-refractivity contribution < 1.29 is 14.1 Å². The molecule has 0 bridgehead atoms. The van der Waals surface area contributed by atoms with Crippen molar-refractivity contribution in [2.45, 2.75) is 32.8 Å². The largest absolute Gasteiger partial charge is 0.471 e. The van der Waals surface area contributed by atoms with Crippen molar-refractivity contribution >= 4 is 17.5 Å². The fourth-order valence-corrected chi connectivity index (χ4v) is 3.68. The summed E-state index contributed by atoms with van der Waals surface area (Å²) in [6.45, 7) is 4.71. The quantitative estimate of drug-likeness (QED) is 0.642. The molecule has 4 rings (SSSR count). The van der Waals surface area contributed by atoms with Gasteiger partial charge in [0.2, 0.25) is 5.88 Å². The number of aryl methyl sites for hydroxylation is 2. The van der Waals surface area contributed by atoms with Gasteiger partial charge in [0, 0.05) is 18.2 Å². The Morgan fingerprint density at radius 3 is 2.79 bits per heavy atom. The molecular formula is C21H21ClN4O3. The maximum absolute atomic E-state index is 13.3. The van der Waals surface area contributed by atoms with Gasteiger partial charge in [0.1, 0.15) is 23.1 Å². The molecule has 150 valence electrons. The van der Waals surface area contributed by atoms with Crippen LogP contribution in [0.15, 0.2) is 40.9 Å². The molecule has 1 amide bonds. The number of piperidine rings is 1. The van der Waals surface area contributed by atoms with Gasteiger partial charge >= 0.3 is 0 Å². The highest BCUT2D eigenvalue weighted by molar-refractivity contribution is 6.33. The Morgan fingerprint density at radius 2 is 2.03 bits per heavy atom. The second-order valence-corrected chi connectivity index (χ2v) is 7.50. The van der Waals surface area contributed by atoms with Crippen LogP contribution in [0.5, 0.6) is 5.88 Å². The number of nitrogens with zero attached hydrogens (tertiary/aromatic N) is 4. The van der Waals surface area contributed by atoms with E-state index in [0.717, 1.165) is 18.5 Å². The minimum absolute atomic E-state index is 0.137.